The highest BCUT2D eigenvalue weighted by Crippen LogP contribution is 2.36. The quantitative estimate of drug-likeness (QED) is 0.873. The van der Waals surface area contributed by atoms with Crippen molar-refractivity contribution in [3.63, 3.8) is 0 Å². The average Bonchev–Trinajstić information content (AvgIpc) is 3.03. The van der Waals surface area contributed by atoms with Crippen molar-refractivity contribution in [2.75, 3.05) is 5.32 Å². The van der Waals surface area contributed by atoms with Crippen LogP contribution in [0, 0.1) is 5.92 Å². The van der Waals surface area contributed by atoms with Crippen LogP contribution in [0.3, 0.4) is 0 Å². The van der Waals surface area contributed by atoms with E-state index in [2.05, 4.69) is 44.5 Å². The zero-order valence-electron chi connectivity index (χ0n) is 13.8. The smallest absolute Gasteiger partial charge is 0.205 e. The van der Waals surface area contributed by atoms with E-state index in [1.165, 1.54) is 25.6 Å². The first-order valence-corrected chi connectivity index (χ1v) is 9.29. The minimum atomic E-state index is 0.394. The number of hydrogen-bond acceptors (Lipinski definition) is 7. The fourth-order valence-corrected chi connectivity index (χ4v) is 4.24. The summed E-state index contributed by atoms with van der Waals surface area (Å²) in [7, 11) is 0. The molecule has 0 aromatic carbocycles. The van der Waals surface area contributed by atoms with Gasteiger partial charge in [-0.15, -0.1) is 15.3 Å². The molecule has 1 aliphatic rings. The maximum Gasteiger partial charge on any atom is 0.205 e. The number of hydrogen-bond donors (Lipinski definition) is 1. The molecule has 2 heterocycles. The van der Waals surface area contributed by atoms with Gasteiger partial charge in [0.05, 0.1) is 11.9 Å². The zero-order chi connectivity index (χ0) is 16.1. The summed E-state index contributed by atoms with van der Waals surface area (Å²) in [6.45, 7) is 4.41. The van der Waals surface area contributed by atoms with Crippen LogP contribution >= 0.6 is 11.3 Å². The normalized spacial score (nSPS) is 22.7. The van der Waals surface area contributed by atoms with Gasteiger partial charge in [0.25, 0.3) is 0 Å². The monoisotopic (exact) mass is 332 g/mol. The molecule has 1 N–H and O–H groups in total. The summed E-state index contributed by atoms with van der Waals surface area (Å²) in [6, 6.07) is 0.475. The second-order valence-electron chi connectivity index (χ2n) is 6.34. The fraction of sp³-hybridized carbons (Fsp3) is 0.688. The van der Waals surface area contributed by atoms with Crippen molar-refractivity contribution < 1.29 is 0 Å². The van der Waals surface area contributed by atoms with Gasteiger partial charge < -0.3 is 5.32 Å². The number of aromatic nitrogens is 5. The first-order chi connectivity index (χ1) is 11.3. The number of anilines is 1. The third kappa shape index (κ3) is 4.22. The largest absolute Gasteiger partial charge is 0.357 e. The lowest BCUT2D eigenvalue weighted by atomic mass is 9.77. The van der Waals surface area contributed by atoms with Crippen LogP contribution in [0.2, 0.25) is 0 Å². The molecule has 2 aromatic rings. The van der Waals surface area contributed by atoms with Gasteiger partial charge in [-0.05, 0) is 31.6 Å². The number of nitrogens with zero attached hydrogens (tertiary/aromatic N) is 5. The first kappa shape index (κ1) is 16.2. The Labute approximate surface area is 141 Å². The van der Waals surface area contributed by atoms with Crippen molar-refractivity contribution in [1.29, 1.82) is 0 Å². The Kier molecular flexibility index (Phi) is 5.48. The van der Waals surface area contributed by atoms with E-state index < -0.39 is 0 Å². The van der Waals surface area contributed by atoms with E-state index in [4.69, 9.17) is 0 Å². The second kappa shape index (κ2) is 7.77. The van der Waals surface area contributed by atoms with E-state index in [1.54, 1.807) is 11.3 Å². The molecule has 124 valence electrons. The maximum atomic E-state index is 4.28. The lowest BCUT2D eigenvalue weighted by Crippen LogP contribution is -2.29. The lowest BCUT2D eigenvalue weighted by Gasteiger charge is -2.32. The van der Waals surface area contributed by atoms with Gasteiger partial charge in [-0.2, -0.15) is 5.10 Å². The summed E-state index contributed by atoms with van der Waals surface area (Å²) in [4.78, 5) is 4.10. The summed E-state index contributed by atoms with van der Waals surface area (Å²) < 4.78 is 0. The van der Waals surface area contributed by atoms with Gasteiger partial charge in [-0.3, -0.25) is 0 Å². The third-order valence-corrected chi connectivity index (χ3v) is 5.56. The molecule has 0 saturated heterocycles. The number of aryl methyl sites for hydroxylation is 1. The highest BCUT2D eigenvalue weighted by atomic mass is 32.1. The minimum Gasteiger partial charge on any atom is -0.357 e. The number of rotatable bonds is 6. The van der Waals surface area contributed by atoms with E-state index in [-0.39, 0.29) is 0 Å². The molecule has 0 spiro atoms. The molecule has 23 heavy (non-hydrogen) atoms. The van der Waals surface area contributed by atoms with Crippen molar-refractivity contribution in [2.45, 2.75) is 64.3 Å². The van der Waals surface area contributed by atoms with Crippen LogP contribution in [0.25, 0.3) is 0 Å². The molecule has 0 aliphatic heterocycles. The zero-order valence-corrected chi connectivity index (χ0v) is 14.6. The molecule has 0 amide bonds. The Morgan fingerprint density at radius 1 is 1.30 bits per heavy atom. The summed E-state index contributed by atoms with van der Waals surface area (Å²) in [5, 5.41) is 22.4. The SMILES string of the molecule is CCCc1nnc(NC2CCCC(C(C)c3cncnn3)C2)s1. The van der Waals surface area contributed by atoms with Gasteiger partial charge in [0.2, 0.25) is 5.13 Å². The van der Waals surface area contributed by atoms with Crippen LogP contribution in [-0.4, -0.2) is 31.4 Å². The van der Waals surface area contributed by atoms with Crippen molar-refractivity contribution in [1.82, 2.24) is 25.4 Å². The van der Waals surface area contributed by atoms with E-state index in [0.29, 0.717) is 17.9 Å². The van der Waals surface area contributed by atoms with Crippen molar-refractivity contribution in [2.24, 2.45) is 5.92 Å². The van der Waals surface area contributed by atoms with E-state index in [1.807, 2.05) is 6.20 Å². The maximum absolute atomic E-state index is 4.28. The van der Waals surface area contributed by atoms with Gasteiger partial charge >= 0.3 is 0 Å². The molecule has 0 bridgehead atoms. The third-order valence-electron chi connectivity index (χ3n) is 4.65. The van der Waals surface area contributed by atoms with Crippen LogP contribution in [0.15, 0.2) is 12.5 Å². The van der Waals surface area contributed by atoms with Crippen LogP contribution in [0.4, 0.5) is 5.13 Å². The fourth-order valence-electron chi connectivity index (χ4n) is 3.32. The topological polar surface area (TPSA) is 76.5 Å². The Bertz CT molecular complexity index is 602. The molecule has 3 unspecified atom stereocenters. The second-order valence-corrected chi connectivity index (χ2v) is 7.40. The van der Waals surface area contributed by atoms with Gasteiger partial charge in [-0.1, -0.05) is 31.6 Å². The molecular weight excluding hydrogens is 308 g/mol. The Morgan fingerprint density at radius 2 is 2.22 bits per heavy atom. The highest BCUT2D eigenvalue weighted by Gasteiger charge is 2.28. The van der Waals surface area contributed by atoms with E-state index >= 15 is 0 Å². The Hall–Kier alpha value is -1.63. The predicted octanol–water partition coefficient (Wildman–Crippen LogP) is 3.45. The van der Waals surface area contributed by atoms with Crippen LogP contribution in [0.1, 0.15) is 62.6 Å². The summed E-state index contributed by atoms with van der Waals surface area (Å²) in [5.74, 6) is 1.01. The molecule has 3 atom stereocenters. The molecular formula is C16H24N6S. The summed E-state index contributed by atoms with van der Waals surface area (Å²) in [5.41, 5.74) is 0.999. The Morgan fingerprint density at radius 3 is 3.00 bits per heavy atom. The van der Waals surface area contributed by atoms with Gasteiger partial charge in [0.15, 0.2) is 0 Å². The minimum absolute atomic E-state index is 0.394. The van der Waals surface area contributed by atoms with Crippen LogP contribution in [-0.2, 0) is 6.42 Å². The molecule has 1 saturated carbocycles. The van der Waals surface area contributed by atoms with E-state index in [0.717, 1.165) is 35.1 Å². The van der Waals surface area contributed by atoms with Crippen molar-refractivity contribution in [3.8, 4) is 0 Å². The highest BCUT2D eigenvalue weighted by molar-refractivity contribution is 7.15. The molecule has 7 heteroatoms. The predicted molar refractivity (Wildman–Crippen MR) is 91.5 cm³/mol. The van der Waals surface area contributed by atoms with Crippen LogP contribution < -0.4 is 5.32 Å². The molecule has 6 nitrogen and oxygen atoms in total. The van der Waals surface area contributed by atoms with Crippen LogP contribution in [0.5, 0.6) is 0 Å². The number of nitrogens with one attached hydrogen (secondary N) is 1. The average molecular weight is 332 g/mol. The van der Waals surface area contributed by atoms with Gasteiger partial charge in [0, 0.05) is 18.4 Å². The molecule has 2 aromatic heterocycles. The lowest BCUT2D eigenvalue weighted by molar-refractivity contribution is 0.293. The van der Waals surface area contributed by atoms with E-state index in [9.17, 15) is 0 Å². The van der Waals surface area contributed by atoms with Gasteiger partial charge in [-0.25, -0.2) is 4.98 Å². The molecule has 1 fully saturated rings. The van der Waals surface area contributed by atoms with Crippen molar-refractivity contribution in [3.05, 3.63) is 23.2 Å². The molecule has 0 radical (unpaired) electrons. The standard InChI is InChI=1S/C16H24N6S/c1-3-5-15-21-22-16(23-15)19-13-7-4-6-12(8-13)11(2)14-9-17-10-18-20-14/h9-13H,3-8H2,1-2H3,(H,19,22). The summed E-state index contributed by atoms with van der Waals surface area (Å²) >= 11 is 1.69. The Balaban J connectivity index is 1.59. The van der Waals surface area contributed by atoms with Crippen molar-refractivity contribution >= 4 is 16.5 Å². The summed E-state index contributed by atoms with van der Waals surface area (Å²) in [6.07, 6.45) is 10.3. The molecule has 3 rings (SSSR count). The first-order valence-electron chi connectivity index (χ1n) is 8.47. The van der Waals surface area contributed by atoms with Gasteiger partial charge in [0.1, 0.15) is 11.3 Å². The molecule has 1 aliphatic carbocycles.